The minimum Gasteiger partial charge on any atom is -0.493 e. The van der Waals surface area contributed by atoms with Crippen LogP contribution in [0.25, 0.3) is 0 Å². The number of hydrogen-bond acceptors (Lipinski definition) is 2. The first-order chi connectivity index (χ1) is 9.15. The van der Waals surface area contributed by atoms with Gasteiger partial charge < -0.3 is 9.47 Å². The Morgan fingerprint density at radius 2 is 1.79 bits per heavy atom. The molecule has 0 radical (unpaired) electrons. The van der Waals surface area contributed by atoms with Gasteiger partial charge in [-0.15, -0.1) is 0 Å². The van der Waals surface area contributed by atoms with Gasteiger partial charge in [-0.05, 0) is 24.0 Å². The largest absolute Gasteiger partial charge is 0.493 e. The summed E-state index contributed by atoms with van der Waals surface area (Å²) in [5.74, 6) is 2.23. The Kier molecular flexibility index (Phi) is 5.40. The molecule has 0 spiro atoms. The van der Waals surface area contributed by atoms with Crippen LogP contribution in [0, 0.1) is 5.92 Å². The molecule has 2 nitrogen and oxygen atoms in total. The second-order valence-electron chi connectivity index (χ2n) is 5.08. The highest BCUT2D eigenvalue weighted by Crippen LogP contribution is 2.43. The molecule has 1 atom stereocenters. The molecule has 0 bridgehead atoms. The Hall–Kier alpha value is -0.410. The first-order valence-electron chi connectivity index (χ1n) is 6.71. The van der Waals surface area contributed by atoms with Crippen molar-refractivity contribution in [1.82, 2.24) is 0 Å². The first-order valence-corrected chi connectivity index (χ1v) is 8.00. The van der Waals surface area contributed by atoms with Gasteiger partial charge in [-0.2, -0.15) is 0 Å². The maximum Gasteiger partial charge on any atom is 0.162 e. The fourth-order valence-electron chi connectivity index (χ4n) is 2.78. The molecule has 19 heavy (non-hydrogen) atoms. The standard InChI is InChI=1S/C15H20BrClO2/c1-18-14-8-11(13(17)9-15(14)19-2)12(16)7-10-5-3-4-6-10/h8-10,12H,3-7H2,1-2H3. The van der Waals surface area contributed by atoms with Crippen molar-refractivity contribution in [1.29, 1.82) is 0 Å². The monoisotopic (exact) mass is 346 g/mol. The molecular formula is C15H20BrClO2. The van der Waals surface area contributed by atoms with Gasteiger partial charge in [0.15, 0.2) is 11.5 Å². The second-order valence-corrected chi connectivity index (χ2v) is 6.59. The Morgan fingerprint density at radius 3 is 2.37 bits per heavy atom. The molecule has 0 heterocycles. The van der Waals surface area contributed by atoms with Crippen LogP contribution in [0.3, 0.4) is 0 Å². The van der Waals surface area contributed by atoms with Gasteiger partial charge in [0.2, 0.25) is 0 Å². The van der Waals surface area contributed by atoms with Crippen LogP contribution >= 0.6 is 27.5 Å². The molecule has 0 saturated heterocycles. The van der Waals surface area contributed by atoms with Crippen LogP contribution < -0.4 is 9.47 Å². The molecule has 2 rings (SSSR count). The predicted octanol–water partition coefficient (Wildman–Crippen LogP) is 5.37. The molecule has 0 N–H and O–H groups in total. The van der Waals surface area contributed by atoms with E-state index in [-0.39, 0.29) is 4.83 Å². The fraction of sp³-hybridized carbons (Fsp3) is 0.600. The van der Waals surface area contributed by atoms with Crippen LogP contribution in [0.2, 0.25) is 5.02 Å². The van der Waals surface area contributed by atoms with Gasteiger partial charge in [-0.3, -0.25) is 0 Å². The molecule has 106 valence electrons. The normalized spacial score (nSPS) is 17.5. The molecule has 0 aliphatic heterocycles. The molecule has 4 heteroatoms. The summed E-state index contributed by atoms with van der Waals surface area (Å²) in [5.41, 5.74) is 1.09. The lowest BCUT2D eigenvalue weighted by Gasteiger charge is -2.18. The zero-order chi connectivity index (χ0) is 13.8. The quantitative estimate of drug-likeness (QED) is 0.666. The van der Waals surface area contributed by atoms with Gasteiger partial charge in [0.1, 0.15) is 0 Å². The number of ether oxygens (including phenoxy) is 2. The van der Waals surface area contributed by atoms with Gasteiger partial charge in [0, 0.05) is 15.9 Å². The number of methoxy groups -OCH3 is 2. The van der Waals surface area contributed by atoms with Crippen LogP contribution in [0.4, 0.5) is 0 Å². The van der Waals surface area contributed by atoms with Crippen molar-refractivity contribution < 1.29 is 9.47 Å². The third-order valence-corrected chi connectivity index (χ3v) is 5.05. The Balaban J connectivity index is 2.17. The van der Waals surface area contributed by atoms with E-state index in [1.807, 2.05) is 12.1 Å². The third-order valence-electron chi connectivity index (χ3n) is 3.86. The van der Waals surface area contributed by atoms with E-state index in [1.54, 1.807) is 14.2 Å². The van der Waals surface area contributed by atoms with E-state index in [0.717, 1.165) is 28.7 Å². The summed E-state index contributed by atoms with van der Waals surface area (Å²) in [7, 11) is 3.27. The highest BCUT2D eigenvalue weighted by Gasteiger charge is 2.22. The maximum absolute atomic E-state index is 6.35. The lowest BCUT2D eigenvalue weighted by molar-refractivity contribution is 0.354. The zero-order valence-corrected chi connectivity index (χ0v) is 13.8. The van der Waals surface area contributed by atoms with E-state index in [2.05, 4.69) is 15.9 Å². The molecule has 0 amide bonds. The van der Waals surface area contributed by atoms with Crippen molar-refractivity contribution in [2.45, 2.75) is 36.9 Å². The van der Waals surface area contributed by atoms with E-state index in [0.29, 0.717) is 5.75 Å². The molecule has 1 aliphatic carbocycles. The molecule has 1 aromatic carbocycles. The van der Waals surface area contributed by atoms with E-state index in [4.69, 9.17) is 21.1 Å². The van der Waals surface area contributed by atoms with Gasteiger partial charge in [0.05, 0.1) is 14.2 Å². The van der Waals surface area contributed by atoms with Gasteiger partial charge in [-0.1, -0.05) is 53.2 Å². The van der Waals surface area contributed by atoms with E-state index in [1.165, 1.54) is 25.7 Å². The van der Waals surface area contributed by atoms with Crippen molar-refractivity contribution in [3.63, 3.8) is 0 Å². The van der Waals surface area contributed by atoms with Crippen molar-refractivity contribution >= 4 is 27.5 Å². The van der Waals surface area contributed by atoms with Gasteiger partial charge in [-0.25, -0.2) is 0 Å². The van der Waals surface area contributed by atoms with Crippen LogP contribution in [0.15, 0.2) is 12.1 Å². The van der Waals surface area contributed by atoms with Crippen LogP contribution in [0.5, 0.6) is 11.5 Å². The topological polar surface area (TPSA) is 18.5 Å². The molecular weight excluding hydrogens is 328 g/mol. The van der Waals surface area contributed by atoms with Crippen molar-refractivity contribution in [2.24, 2.45) is 5.92 Å². The van der Waals surface area contributed by atoms with E-state index < -0.39 is 0 Å². The van der Waals surface area contributed by atoms with E-state index >= 15 is 0 Å². The first kappa shape index (κ1) is 15.0. The lowest BCUT2D eigenvalue weighted by Crippen LogP contribution is -2.01. The Bertz CT molecular complexity index is 430. The molecule has 1 saturated carbocycles. The van der Waals surface area contributed by atoms with E-state index in [9.17, 15) is 0 Å². The Morgan fingerprint density at radius 1 is 1.21 bits per heavy atom. The summed E-state index contributed by atoms with van der Waals surface area (Å²) in [6, 6.07) is 3.81. The minimum absolute atomic E-state index is 0.280. The zero-order valence-electron chi connectivity index (χ0n) is 11.4. The number of rotatable bonds is 5. The summed E-state index contributed by atoms with van der Waals surface area (Å²) in [5, 5.41) is 0.734. The molecule has 1 unspecified atom stereocenters. The van der Waals surface area contributed by atoms with Crippen LogP contribution in [-0.2, 0) is 0 Å². The summed E-state index contributed by atoms with van der Waals surface area (Å²) in [6.45, 7) is 0. The average molecular weight is 348 g/mol. The smallest absolute Gasteiger partial charge is 0.162 e. The lowest BCUT2D eigenvalue weighted by atomic mass is 9.98. The number of hydrogen-bond donors (Lipinski definition) is 0. The summed E-state index contributed by atoms with van der Waals surface area (Å²) in [4.78, 5) is 0.280. The Labute approximate surface area is 128 Å². The van der Waals surface area contributed by atoms with Crippen molar-refractivity contribution in [3.8, 4) is 11.5 Å². The number of benzene rings is 1. The molecule has 1 fully saturated rings. The molecule has 1 aromatic rings. The summed E-state index contributed by atoms with van der Waals surface area (Å²) >= 11 is 10.1. The molecule has 1 aliphatic rings. The highest BCUT2D eigenvalue weighted by atomic mass is 79.9. The summed E-state index contributed by atoms with van der Waals surface area (Å²) < 4.78 is 10.6. The maximum atomic E-state index is 6.35. The summed E-state index contributed by atoms with van der Waals surface area (Å²) in [6.07, 6.45) is 6.54. The average Bonchev–Trinajstić information content (AvgIpc) is 2.90. The molecule has 0 aromatic heterocycles. The number of alkyl halides is 1. The van der Waals surface area contributed by atoms with Crippen molar-refractivity contribution in [3.05, 3.63) is 22.7 Å². The van der Waals surface area contributed by atoms with Crippen LogP contribution in [0.1, 0.15) is 42.5 Å². The number of halogens is 2. The minimum atomic E-state index is 0.280. The van der Waals surface area contributed by atoms with Gasteiger partial charge >= 0.3 is 0 Å². The highest BCUT2D eigenvalue weighted by molar-refractivity contribution is 9.09. The predicted molar refractivity (Wildman–Crippen MR) is 82.8 cm³/mol. The van der Waals surface area contributed by atoms with Crippen LogP contribution in [-0.4, -0.2) is 14.2 Å². The SMILES string of the molecule is COc1cc(Cl)c(C(Br)CC2CCCC2)cc1OC. The second kappa shape index (κ2) is 6.85. The van der Waals surface area contributed by atoms with Crippen molar-refractivity contribution in [2.75, 3.05) is 14.2 Å². The third kappa shape index (κ3) is 3.57. The fourth-order valence-corrected chi connectivity index (χ4v) is 4.10. The van der Waals surface area contributed by atoms with Gasteiger partial charge in [0.25, 0.3) is 0 Å².